The number of ketones is 1. The first-order valence-corrected chi connectivity index (χ1v) is 8.65. The zero-order valence-corrected chi connectivity index (χ0v) is 14.8. The van der Waals surface area contributed by atoms with Crippen LogP contribution in [0.3, 0.4) is 0 Å². The quantitative estimate of drug-likeness (QED) is 0.576. The fourth-order valence-electron chi connectivity index (χ4n) is 3.05. The monoisotopic (exact) mass is 378 g/mol. The van der Waals surface area contributed by atoms with Crippen molar-refractivity contribution in [2.24, 2.45) is 0 Å². The lowest BCUT2D eigenvalue weighted by Gasteiger charge is -2.07. The van der Waals surface area contributed by atoms with E-state index in [1.54, 1.807) is 42.6 Å². The lowest BCUT2D eigenvalue weighted by molar-refractivity contribution is -0.117. The number of Topliss-reactive ketones (excluding diaryl/α,β-unsaturated/α-hetero) is 1. The minimum absolute atomic E-state index is 0.0257. The Bertz CT molecular complexity index is 1170. The minimum atomic E-state index is -0.455. The van der Waals surface area contributed by atoms with Crippen LogP contribution in [0.4, 0.5) is 14.7 Å². The van der Waals surface area contributed by atoms with Gasteiger partial charge in [0, 0.05) is 24.6 Å². The molecule has 2 aromatic heterocycles. The molecule has 4 rings (SSSR count). The van der Waals surface area contributed by atoms with Crippen LogP contribution in [-0.4, -0.2) is 20.4 Å². The van der Waals surface area contributed by atoms with Gasteiger partial charge in [-0.05, 0) is 47.0 Å². The second-order valence-electron chi connectivity index (χ2n) is 6.52. The third-order valence-corrected chi connectivity index (χ3v) is 4.44. The number of nitrogen functional groups attached to an aromatic ring is 1. The molecule has 0 saturated carbocycles. The Morgan fingerprint density at radius 1 is 0.964 bits per heavy atom. The molecule has 7 heteroatoms. The number of halogens is 2. The van der Waals surface area contributed by atoms with Crippen molar-refractivity contribution in [3.8, 4) is 11.1 Å². The van der Waals surface area contributed by atoms with Gasteiger partial charge in [0.15, 0.2) is 5.65 Å². The molecule has 4 aromatic rings. The summed E-state index contributed by atoms with van der Waals surface area (Å²) in [5, 5.41) is 4.05. The molecule has 0 bridgehead atoms. The van der Waals surface area contributed by atoms with Crippen LogP contribution >= 0.6 is 0 Å². The molecule has 140 valence electrons. The second-order valence-corrected chi connectivity index (χ2v) is 6.52. The number of fused-ring (bicyclic) bond motifs is 1. The van der Waals surface area contributed by atoms with Gasteiger partial charge in [0.1, 0.15) is 17.4 Å². The Morgan fingerprint density at radius 2 is 1.71 bits per heavy atom. The van der Waals surface area contributed by atoms with Crippen molar-refractivity contribution in [2.75, 3.05) is 5.73 Å². The van der Waals surface area contributed by atoms with Crippen LogP contribution in [0.2, 0.25) is 0 Å². The number of carbonyl (C=O) groups excluding carboxylic acids is 1. The molecule has 0 aliphatic rings. The highest BCUT2D eigenvalue weighted by Gasteiger charge is 2.12. The molecular weight excluding hydrogens is 362 g/mol. The maximum absolute atomic E-state index is 14.5. The predicted molar refractivity (Wildman–Crippen MR) is 102 cm³/mol. The van der Waals surface area contributed by atoms with Crippen molar-refractivity contribution in [1.82, 2.24) is 14.6 Å². The molecule has 28 heavy (non-hydrogen) atoms. The van der Waals surface area contributed by atoms with Gasteiger partial charge in [0.2, 0.25) is 5.95 Å². The number of nitrogens with two attached hydrogens (primary N) is 1. The van der Waals surface area contributed by atoms with Crippen LogP contribution in [0, 0.1) is 11.6 Å². The third kappa shape index (κ3) is 3.73. The third-order valence-electron chi connectivity index (χ3n) is 4.44. The molecule has 0 spiro atoms. The summed E-state index contributed by atoms with van der Waals surface area (Å²) in [4.78, 5) is 16.3. The second kappa shape index (κ2) is 7.19. The van der Waals surface area contributed by atoms with Gasteiger partial charge in [-0.2, -0.15) is 4.98 Å². The molecule has 5 nitrogen and oxygen atoms in total. The van der Waals surface area contributed by atoms with E-state index in [9.17, 15) is 13.6 Å². The van der Waals surface area contributed by atoms with E-state index >= 15 is 0 Å². The summed E-state index contributed by atoms with van der Waals surface area (Å²) in [7, 11) is 0. The molecule has 0 aliphatic carbocycles. The Balaban J connectivity index is 1.51. The number of hydrogen-bond donors (Lipinski definition) is 1. The van der Waals surface area contributed by atoms with Crippen molar-refractivity contribution in [3.63, 3.8) is 0 Å². The van der Waals surface area contributed by atoms with Crippen molar-refractivity contribution in [1.29, 1.82) is 0 Å². The van der Waals surface area contributed by atoms with Gasteiger partial charge in [0.05, 0.1) is 0 Å². The molecule has 0 fully saturated rings. The summed E-state index contributed by atoms with van der Waals surface area (Å²) in [6.45, 7) is 0. The number of carbonyl (C=O) groups is 1. The highest BCUT2D eigenvalue weighted by molar-refractivity contribution is 5.83. The van der Waals surface area contributed by atoms with Crippen molar-refractivity contribution in [3.05, 3.63) is 83.6 Å². The molecule has 2 heterocycles. The number of benzene rings is 2. The average molecular weight is 378 g/mol. The van der Waals surface area contributed by atoms with Gasteiger partial charge >= 0.3 is 0 Å². The summed E-state index contributed by atoms with van der Waals surface area (Å²) in [5.74, 6) is -0.788. The van der Waals surface area contributed by atoms with Crippen LogP contribution in [0.1, 0.15) is 11.1 Å². The fourth-order valence-corrected chi connectivity index (χ4v) is 3.05. The zero-order valence-electron chi connectivity index (χ0n) is 14.8. The first kappa shape index (κ1) is 17.8. The Morgan fingerprint density at radius 3 is 2.46 bits per heavy atom. The number of nitrogens with zero attached hydrogens (tertiary/aromatic N) is 3. The Kier molecular flexibility index (Phi) is 4.57. The highest BCUT2D eigenvalue weighted by Crippen LogP contribution is 2.23. The largest absolute Gasteiger partial charge is 0.366 e. The smallest absolute Gasteiger partial charge is 0.240 e. The molecule has 0 unspecified atom stereocenters. The SMILES string of the molecule is Nc1nc2ccc(-c3ccc(CC(=O)Cc4ccc(F)cc4)c(F)c3)cn2n1. The molecule has 0 saturated heterocycles. The van der Waals surface area contributed by atoms with Crippen molar-refractivity contribution < 1.29 is 13.6 Å². The normalized spacial score (nSPS) is 11.1. The number of aromatic nitrogens is 3. The van der Waals surface area contributed by atoms with E-state index in [0.717, 1.165) is 5.56 Å². The minimum Gasteiger partial charge on any atom is -0.366 e. The first-order valence-electron chi connectivity index (χ1n) is 8.65. The molecule has 2 aromatic carbocycles. The molecule has 0 amide bonds. The number of hydrogen-bond acceptors (Lipinski definition) is 4. The van der Waals surface area contributed by atoms with E-state index in [4.69, 9.17) is 5.73 Å². The van der Waals surface area contributed by atoms with E-state index in [2.05, 4.69) is 10.1 Å². The molecule has 0 radical (unpaired) electrons. The summed E-state index contributed by atoms with van der Waals surface area (Å²) in [6, 6.07) is 14.0. The maximum Gasteiger partial charge on any atom is 0.240 e. The van der Waals surface area contributed by atoms with Crippen LogP contribution in [-0.2, 0) is 17.6 Å². The summed E-state index contributed by atoms with van der Waals surface area (Å²) < 4.78 is 29.0. The molecular formula is C21H16F2N4O. The zero-order chi connectivity index (χ0) is 19.7. The predicted octanol–water partition coefficient (Wildman–Crippen LogP) is 3.61. The standard InChI is InChI=1S/C21H16F2N4O/c22-17-6-1-13(2-7-17)9-18(28)10-15-4-3-14(11-19(15)23)16-5-8-20-25-21(24)26-27(20)12-16/h1-8,11-12H,9-10H2,(H2,24,26). The van der Waals surface area contributed by atoms with E-state index < -0.39 is 5.82 Å². The summed E-state index contributed by atoms with van der Waals surface area (Å²) in [5.41, 5.74) is 8.61. The number of pyridine rings is 1. The van der Waals surface area contributed by atoms with Gasteiger partial charge in [-0.1, -0.05) is 24.3 Å². The van der Waals surface area contributed by atoms with E-state index in [1.165, 1.54) is 22.7 Å². The summed E-state index contributed by atoms with van der Waals surface area (Å²) >= 11 is 0. The van der Waals surface area contributed by atoms with Crippen LogP contribution in [0.15, 0.2) is 60.8 Å². The lowest BCUT2D eigenvalue weighted by atomic mass is 9.99. The topological polar surface area (TPSA) is 73.3 Å². The van der Waals surface area contributed by atoms with E-state index in [-0.39, 0.29) is 30.4 Å². The highest BCUT2D eigenvalue weighted by atomic mass is 19.1. The van der Waals surface area contributed by atoms with Gasteiger partial charge in [-0.15, -0.1) is 5.10 Å². The maximum atomic E-state index is 14.5. The van der Waals surface area contributed by atoms with Crippen molar-refractivity contribution >= 4 is 17.4 Å². The Labute approximate surface area is 159 Å². The molecule has 2 N–H and O–H groups in total. The van der Waals surface area contributed by atoms with Gasteiger partial charge in [0.25, 0.3) is 0 Å². The van der Waals surface area contributed by atoms with Crippen LogP contribution < -0.4 is 5.73 Å². The number of anilines is 1. The average Bonchev–Trinajstić information content (AvgIpc) is 3.04. The van der Waals surface area contributed by atoms with E-state index in [0.29, 0.717) is 22.3 Å². The van der Waals surface area contributed by atoms with Gasteiger partial charge in [-0.25, -0.2) is 13.3 Å². The van der Waals surface area contributed by atoms with Gasteiger partial charge in [-0.3, -0.25) is 4.79 Å². The van der Waals surface area contributed by atoms with Gasteiger partial charge < -0.3 is 5.73 Å². The Hall–Kier alpha value is -3.61. The lowest BCUT2D eigenvalue weighted by Crippen LogP contribution is -2.08. The van der Waals surface area contributed by atoms with Crippen LogP contribution in [0.25, 0.3) is 16.8 Å². The van der Waals surface area contributed by atoms with E-state index in [1.807, 2.05) is 0 Å². The first-order chi connectivity index (χ1) is 13.5. The molecule has 0 atom stereocenters. The number of rotatable bonds is 5. The van der Waals surface area contributed by atoms with Crippen LogP contribution in [0.5, 0.6) is 0 Å². The molecule has 0 aliphatic heterocycles. The van der Waals surface area contributed by atoms with Crippen molar-refractivity contribution in [2.45, 2.75) is 12.8 Å². The summed E-state index contributed by atoms with van der Waals surface area (Å²) in [6.07, 6.45) is 1.82. The fraction of sp³-hybridized carbons (Fsp3) is 0.0952.